The summed E-state index contributed by atoms with van der Waals surface area (Å²) in [5.74, 6) is -0.791. The van der Waals surface area contributed by atoms with Gasteiger partial charge in [-0.1, -0.05) is 0 Å². The molecule has 0 aliphatic rings. The number of aryl methyl sites for hydroxylation is 1. The second-order valence-electron chi connectivity index (χ2n) is 4.31. The van der Waals surface area contributed by atoms with Crippen LogP contribution in [0.5, 0.6) is 11.6 Å². The summed E-state index contributed by atoms with van der Waals surface area (Å²) in [6.45, 7) is 1.80. The molecular weight excluding hydrogens is 276 g/mol. The van der Waals surface area contributed by atoms with Crippen molar-refractivity contribution in [1.82, 2.24) is 4.98 Å². The van der Waals surface area contributed by atoms with Gasteiger partial charge in [0.15, 0.2) is 0 Å². The summed E-state index contributed by atoms with van der Waals surface area (Å²) in [6.07, 6.45) is 1.52. The number of amides is 1. The van der Waals surface area contributed by atoms with Gasteiger partial charge in [-0.3, -0.25) is 14.9 Å². The van der Waals surface area contributed by atoms with Gasteiger partial charge < -0.3 is 16.2 Å². The normalized spacial score (nSPS) is 10.1. The fourth-order valence-electron chi connectivity index (χ4n) is 1.67. The first-order valence-corrected chi connectivity index (χ1v) is 5.86. The van der Waals surface area contributed by atoms with Gasteiger partial charge in [0.25, 0.3) is 0 Å². The molecule has 1 amide bonds. The monoisotopic (exact) mass is 288 g/mol. The summed E-state index contributed by atoms with van der Waals surface area (Å²) in [7, 11) is 0. The van der Waals surface area contributed by atoms with Crippen LogP contribution < -0.4 is 16.2 Å². The van der Waals surface area contributed by atoms with Crippen molar-refractivity contribution < 1.29 is 14.5 Å². The number of anilines is 1. The zero-order valence-electron chi connectivity index (χ0n) is 11.1. The highest BCUT2D eigenvalue weighted by molar-refractivity contribution is 5.93. The number of nitrogens with zero attached hydrogens (tertiary/aromatic N) is 2. The second-order valence-corrected chi connectivity index (χ2v) is 4.31. The minimum atomic E-state index is -0.766. The Morgan fingerprint density at radius 3 is 2.67 bits per heavy atom. The summed E-state index contributed by atoms with van der Waals surface area (Å²) in [4.78, 5) is 25.4. The van der Waals surface area contributed by atoms with Crippen LogP contribution in [0.2, 0.25) is 0 Å². The Hall–Kier alpha value is -3.16. The van der Waals surface area contributed by atoms with Crippen LogP contribution in [0.4, 0.5) is 11.4 Å². The Kier molecular flexibility index (Phi) is 3.70. The average Bonchev–Trinajstić information content (AvgIpc) is 2.41. The molecule has 8 nitrogen and oxygen atoms in total. The number of nitrogen functional groups attached to an aromatic ring is 1. The molecule has 2 aromatic rings. The molecule has 0 saturated carbocycles. The fraction of sp³-hybridized carbons (Fsp3) is 0.0769. The van der Waals surface area contributed by atoms with E-state index in [2.05, 4.69) is 4.98 Å². The number of carbonyl (C=O) groups excluding carboxylic acids is 1. The van der Waals surface area contributed by atoms with E-state index in [9.17, 15) is 14.9 Å². The number of carbonyl (C=O) groups is 1. The maximum atomic E-state index is 11.1. The van der Waals surface area contributed by atoms with E-state index in [0.29, 0.717) is 0 Å². The molecule has 4 N–H and O–H groups in total. The molecule has 0 spiro atoms. The molecule has 0 bridgehead atoms. The Labute approximate surface area is 119 Å². The largest absolute Gasteiger partial charge is 0.430 e. The molecule has 0 atom stereocenters. The smallest absolute Gasteiger partial charge is 0.312 e. The highest BCUT2D eigenvalue weighted by atomic mass is 16.6. The third kappa shape index (κ3) is 3.06. The van der Waals surface area contributed by atoms with Crippen molar-refractivity contribution in [2.24, 2.45) is 5.73 Å². The molecule has 1 aromatic heterocycles. The standard InChI is InChI=1S/C13H12N4O4/c1-7-4-9(14)13(16-6-7)21-11-3-2-8(12(15)18)5-10(11)17(19)20/h2-6H,14H2,1H3,(H2,15,18). The molecule has 2 rings (SSSR count). The lowest BCUT2D eigenvalue weighted by Gasteiger charge is -2.08. The molecule has 21 heavy (non-hydrogen) atoms. The lowest BCUT2D eigenvalue weighted by molar-refractivity contribution is -0.385. The van der Waals surface area contributed by atoms with E-state index < -0.39 is 16.5 Å². The molecular formula is C13H12N4O4. The van der Waals surface area contributed by atoms with Crippen molar-refractivity contribution in [1.29, 1.82) is 0 Å². The van der Waals surface area contributed by atoms with Gasteiger partial charge in [0.1, 0.15) is 0 Å². The van der Waals surface area contributed by atoms with Crippen LogP contribution in [0, 0.1) is 17.0 Å². The number of benzene rings is 1. The number of aromatic nitrogens is 1. The fourth-order valence-corrected chi connectivity index (χ4v) is 1.67. The summed E-state index contributed by atoms with van der Waals surface area (Å²) >= 11 is 0. The van der Waals surface area contributed by atoms with Crippen LogP contribution in [0.15, 0.2) is 30.5 Å². The maximum Gasteiger partial charge on any atom is 0.312 e. The highest BCUT2D eigenvalue weighted by Gasteiger charge is 2.19. The number of ether oxygens (including phenoxy) is 1. The van der Waals surface area contributed by atoms with Crippen LogP contribution in [0.3, 0.4) is 0 Å². The molecule has 1 heterocycles. The van der Waals surface area contributed by atoms with E-state index in [0.717, 1.165) is 11.6 Å². The average molecular weight is 288 g/mol. The molecule has 0 unspecified atom stereocenters. The lowest BCUT2D eigenvalue weighted by Crippen LogP contribution is -2.11. The number of nitrogens with two attached hydrogens (primary N) is 2. The quantitative estimate of drug-likeness (QED) is 0.650. The van der Waals surface area contributed by atoms with Gasteiger partial charge in [-0.2, -0.15) is 0 Å². The number of nitro benzene ring substituents is 1. The maximum absolute atomic E-state index is 11.1. The number of nitro groups is 1. The van der Waals surface area contributed by atoms with Crippen LogP contribution in [0.25, 0.3) is 0 Å². The SMILES string of the molecule is Cc1cnc(Oc2ccc(C(N)=O)cc2[N+](=O)[O-])c(N)c1. The highest BCUT2D eigenvalue weighted by Crippen LogP contribution is 2.33. The first kappa shape index (κ1) is 14.3. The Morgan fingerprint density at radius 2 is 2.10 bits per heavy atom. The minimum Gasteiger partial charge on any atom is -0.430 e. The van der Waals surface area contributed by atoms with E-state index in [1.54, 1.807) is 13.0 Å². The van der Waals surface area contributed by atoms with E-state index in [1.807, 2.05) is 0 Å². The number of hydrogen-bond donors (Lipinski definition) is 2. The molecule has 0 aliphatic heterocycles. The Balaban J connectivity index is 2.44. The molecule has 1 aromatic carbocycles. The number of hydrogen-bond acceptors (Lipinski definition) is 6. The topological polar surface area (TPSA) is 134 Å². The number of primary amides is 1. The van der Waals surface area contributed by atoms with Gasteiger partial charge in [-0.05, 0) is 30.7 Å². The summed E-state index contributed by atoms with van der Waals surface area (Å²) in [5.41, 5.74) is 11.5. The summed E-state index contributed by atoms with van der Waals surface area (Å²) < 4.78 is 5.36. The van der Waals surface area contributed by atoms with E-state index in [1.165, 1.54) is 18.3 Å². The van der Waals surface area contributed by atoms with Gasteiger partial charge in [-0.15, -0.1) is 0 Å². The zero-order chi connectivity index (χ0) is 15.6. The number of pyridine rings is 1. The Morgan fingerprint density at radius 1 is 1.38 bits per heavy atom. The van der Waals surface area contributed by atoms with E-state index in [-0.39, 0.29) is 22.9 Å². The third-order valence-corrected chi connectivity index (χ3v) is 2.66. The third-order valence-electron chi connectivity index (χ3n) is 2.66. The van der Waals surface area contributed by atoms with Gasteiger partial charge in [-0.25, -0.2) is 4.98 Å². The van der Waals surface area contributed by atoms with Crippen molar-refractivity contribution >= 4 is 17.3 Å². The molecule has 8 heteroatoms. The molecule has 0 aliphatic carbocycles. The molecule has 0 saturated heterocycles. The van der Waals surface area contributed by atoms with Crippen LogP contribution >= 0.6 is 0 Å². The van der Waals surface area contributed by atoms with Crippen molar-refractivity contribution in [3.63, 3.8) is 0 Å². The van der Waals surface area contributed by atoms with E-state index >= 15 is 0 Å². The first-order chi connectivity index (χ1) is 9.88. The Bertz CT molecular complexity index is 730. The molecule has 0 fully saturated rings. The predicted octanol–water partition coefficient (Wildman–Crippen LogP) is 1.77. The number of rotatable bonds is 4. The van der Waals surface area contributed by atoms with Gasteiger partial charge in [0.05, 0.1) is 10.6 Å². The van der Waals surface area contributed by atoms with Crippen molar-refractivity contribution in [3.05, 3.63) is 51.7 Å². The van der Waals surface area contributed by atoms with E-state index in [4.69, 9.17) is 16.2 Å². The van der Waals surface area contributed by atoms with Crippen molar-refractivity contribution in [2.75, 3.05) is 5.73 Å². The zero-order valence-corrected chi connectivity index (χ0v) is 11.1. The van der Waals surface area contributed by atoms with Crippen LogP contribution in [0.1, 0.15) is 15.9 Å². The summed E-state index contributed by atoms with van der Waals surface area (Å²) in [6, 6.07) is 5.28. The van der Waals surface area contributed by atoms with Gasteiger partial charge in [0, 0.05) is 17.8 Å². The minimum absolute atomic E-state index is 0.0129. The van der Waals surface area contributed by atoms with Gasteiger partial charge in [0.2, 0.25) is 17.5 Å². The molecule has 108 valence electrons. The molecule has 0 radical (unpaired) electrons. The first-order valence-electron chi connectivity index (χ1n) is 5.86. The predicted molar refractivity (Wildman–Crippen MR) is 75.1 cm³/mol. The summed E-state index contributed by atoms with van der Waals surface area (Å²) in [5, 5.41) is 11.0. The lowest BCUT2D eigenvalue weighted by atomic mass is 10.2. The van der Waals surface area contributed by atoms with Gasteiger partial charge >= 0.3 is 5.69 Å². The van der Waals surface area contributed by atoms with Crippen LogP contribution in [-0.4, -0.2) is 15.8 Å². The van der Waals surface area contributed by atoms with Crippen LogP contribution in [-0.2, 0) is 0 Å². The van der Waals surface area contributed by atoms with Crippen molar-refractivity contribution in [2.45, 2.75) is 6.92 Å². The second kappa shape index (κ2) is 5.45. The van der Waals surface area contributed by atoms with Crippen molar-refractivity contribution in [3.8, 4) is 11.6 Å².